The average Bonchev–Trinajstić information content (AvgIpc) is 2.64. The van der Waals surface area contributed by atoms with E-state index in [4.69, 9.17) is 4.42 Å². The molecule has 0 bridgehead atoms. The maximum Gasteiger partial charge on any atom is 0.224 e. The Hall–Kier alpha value is -1.31. The molecule has 0 amide bonds. The predicted octanol–water partition coefficient (Wildman–Crippen LogP) is 3.69. The number of carbonyl (C=O) groups is 1. The summed E-state index contributed by atoms with van der Waals surface area (Å²) in [6.07, 6.45) is 6.99. The van der Waals surface area contributed by atoms with Crippen LogP contribution < -0.4 is 0 Å². The number of ketones is 1. The molecule has 1 aromatic rings. The van der Waals surface area contributed by atoms with Crippen LogP contribution >= 0.6 is 0 Å². The summed E-state index contributed by atoms with van der Waals surface area (Å²) in [7, 11) is 0. The molecule has 0 radical (unpaired) electrons. The molecule has 0 saturated carbocycles. The molecule has 0 fully saturated rings. The number of Topliss-reactive ketones (excluding diaryl/α,β-unsaturated/α-hetero) is 1. The normalized spacial score (nSPS) is 31.8. The fourth-order valence-corrected chi connectivity index (χ4v) is 3.28. The van der Waals surface area contributed by atoms with E-state index in [9.17, 15) is 4.79 Å². The molecule has 2 nitrogen and oxygen atoms in total. The Morgan fingerprint density at radius 3 is 3.00 bits per heavy atom. The van der Waals surface area contributed by atoms with E-state index < -0.39 is 0 Å². The molecule has 1 heterocycles. The molecular formula is C15H18O2. The van der Waals surface area contributed by atoms with Crippen LogP contribution in [-0.4, -0.2) is 5.78 Å². The fraction of sp³-hybridized carbons (Fsp3) is 0.533. The topological polar surface area (TPSA) is 30.2 Å². The third-order valence-electron chi connectivity index (χ3n) is 4.75. The number of allylic oxidation sites excluding steroid dienone is 2. The summed E-state index contributed by atoms with van der Waals surface area (Å²) in [6.45, 7) is 6.53. The Kier molecular flexibility index (Phi) is 2.13. The van der Waals surface area contributed by atoms with Crippen molar-refractivity contribution in [1.29, 1.82) is 0 Å². The third-order valence-corrected chi connectivity index (χ3v) is 4.75. The first-order chi connectivity index (χ1) is 8.04. The van der Waals surface area contributed by atoms with Gasteiger partial charge in [0.25, 0.3) is 0 Å². The van der Waals surface area contributed by atoms with Gasteiger partial charge in [0, 0.05) is 16.6 Å². The highest BCUT2D eigenvalue weighted by Gasteiger charge is 2.46. The molecular weight excluding hydrogens is 212 g/mol. The van der Waals surface area contributed by atoms with E-state index in [1.807, 2.05) is 6.92 Å². The first-order valence-electron chi connectivity index (χ1n) is 6.36. The van der Waals surface area contributed by atoms with Crippen molar-refractivity contribution in [3.8, 4) is 0 Å². The molecule has 2 atom stereocenters. The third kappa shape index (κ3) is 1.30. The second-order valence-electron chi connectivity index (χ2n) is 5.75. The highest BCUT2D eigenvalue weighted by molar-refractivity contribution is 6.10. The number of aryl methyl sites for hydroxylation is 1. The molecule has 0 spiro atoms. The van der Waals surface area contributed by atoms with Crippen molar-refractivity contribution < 1.29 is 9.21 Å². The number of carbonyl (C=O) groups excluding carboxylic acids is 1. The molecule has 3 rings (SSSR count). The first-order valence-corrected chi connectivity index (χ1v) is 6.36. The Morgan fingerprint density at radius 1 is 1.47 bits per heavy atom. The minimum Gasteiger partial charge on any atom is -0.460 e. The lowest BCUT2D eigenvalue weighted by Crippen LogP contribution is -2.39. The smallest absolute Gasteiger partial charge is 0.224 e. The summed E-state index contributed by atoms with van der Waals surface area (Å²) in [6, 6.07) is 0. The van der Waals surface area contributed by atoms with E-state index in [1.165, 1.54) is 6.42 Å². The first kappa shape index (κ1) is 10.8. The van der Waals surface area contributed by atoms with Crippen molar-refractivity contribution in [2.24, 2.45) is 11.3 Å². The largest absolute Gasteiger partial charge is 0.460 e. The Balaban J connectivity index is 2.20. The van der Waals surface area contributed by atoms with E-state index in [2.05, 4.69) is 19.9 Å². The molecule has 0 N–H and O–H groups in total. The lowest BCUT2D eigenvalue weighted by atomic mass is 9.60. The number of rotatable bonds is 0. The van der Waals surface area contributed by atoms with Gasteiger partial charge >= 0.3 is 0 Å². The fourth-order valence-electron chi connectivity index (χ4n) is 3.28. The number of hydrogen-bond donors (Lipinski definition) is 0. The van der Waals surface area contributed by atoms with Crippen LogP contribution in [-0.2, 0) is 6.42 Å². The molecule has 90 valence electrons. The van der Waals surface area contributed by atoms with Crippen molar-refractivity contribution in [3.63, 3.8) is 0 Å². The van der Waals surface area contributed by atoms with Crippen LogP contribution in [0.2, 0.25) is 0 Å². The van der Waals surface area contributed by atoms with E-state index >= 15 is 0 Å². The maximum absolute atomic E-state index is 12.5. The predicted molar refractivity (Wildman–Crippen MR) is 66.1 cm³/mol. The van der Waals surface area contributed by atoms with Crippen molar-refractivity contribution in [2.45, 2.75) is 40.0 Å². The molecule has 0 aliphatic heterocycles. The van der Waals surface area contributed by atoms with Crippen molar-refractivity contribution in [3.05, 3.63) is 34.8 Å². The summed E-state index contributed by atoms with van der Waals surface area (Å²) in [5.74, 6) is 1.27. The highest BCUT2D eigenvalue weighted by atomic mass is 16.3. The average molecular weight is 230 g/mol. The second kappa shape index (κ2) is 3.34. The van der Waals surface area contributed by atoms with E-state index in [1.54, 1.807) is 6.26 Å². The molecule has 2 heteroatoms. The van der Waals surface area contributed by atoms with Gasteiger partial charge in [-0.2, -0.15) is 0 Å². The Morgan fingerprint density at radius 2 is 2.24 bits per heavy atom. The van der Waals surface area contributed by atoms with Crippen LogP contribution in [0, 0.1) is 18.3 Å². The lowest BCUT2D eigenvalue weighted by Gasteiger charge is -2.42. The number of fused-ring (bicyclic) bond motifs is 2. The van der Waals surface area contributed by atoms with Crippen LogP contribution in [0.1, 0.15) is 48.4 Å². The maximum atomic E-state index is 12.5. The van der Waals surface area contributed by atoms with Gasteiger partial charge in [-0.3, -0.25) is 4.79 Å². The van der Waals surface area contributed by atoms with Crippen LogP contribution in [0.5, 0.6) is 0 Å². The van der Waals surface area contributed by atoms with E-state index in [-0.39, 0.29) is 11.2 Å². The highest BCUT2D eigenvalue weighted by Crippen LogP contribution is 2.49. The van der Waals surface area contributed by atoms with Gasteiger partial charge in [-0.1, -0.05) is 19.9 Å². The summed E-state index contributed by atoms with van der Waals surface area (Å²) in [5.41, 5.74) is 3.24. The molecule has 2 aliphatic carbocycles. The van der Waals surface area contributed by atoms with Gasteiger partial charge in [-0.05, 0) is 37.7 Å². The number of hydrogen-bond acceptors (Lipinski definition) is 2. The molecule has 2 aliphatic rings. The minimum absolute atomic E-state index is 0.0109. The monoisotopic (exact) mass is 230 g/mol. The molecule has 0 saturated heterocycles. The second-order valence-corrected chi connectivity index (χ2v) is 5.75. The zero-order chi connectivity index (χ0) is 12.2. The van der Waals surface area contributed by atoms with Crippen LogP contribution in [0.25, 0.3) is 0 Å². The summed E-state index contributed by atoms with van der Waals surface area (Å²) in [5, 5.41) is 0. The van der Waals surface area contributed by atoms with Crippen LogP contribution in [0.4, 0.5) is 0 Å². The summed E-state index contributed by atoms with van der Waals surface area (Å²) < 4.78 is 5.44. The molecule has 2 unspecified atom stereocenters. The minimum atomic E-state index is 0.0109. The summed E-state index contributed by atoms with van der Waals surface area (Å²) in [4.78, 5) is 12.5. The van der Waals surface area contributed by atoms with Crippen LogP contribution in [0.15, 0.2) is 22.3 Å². The Bertz CT molecular complexity index is 521. The number of furan rings is 1. The zero-order valence-corrected chi connectivity index (χ0v) is 10.7. The van der Waals surface area contributed by atoms with E-state index in [0.717, 1.165) is 29.5 Å². The van der Waals surface area contributed by atoms with Gasteiger partial charge in [-0.25, -0.2) is 0 Å². The van der Waals surface area contributed by atoms with Gasteiger partial charge in [0.2, 0.25) is 5.78 Å². The van der Waals surface area contributed by atoms with Gasteiger partial charge in [0.15, 0.2) is 5.76 Å². The van der Waals surface area contributed by atoms with Gasteiger partial charge in [0.1, 0.15) is 0 Å². The van der Waals surface area contributed by atoms with Crippen LogP contribution in [0.3, 0.4) is 0 Å². The standard InChI is InChI=1S/C15H18O2/c1-9-8-17-14-11(9)7-15(3)10(2)5-4-6-12(15)13(14)16/h6,8,10H,4-5,7H2,1-3H3. The lowest BCUT2D eigenvalue weighted by molar-refractivity contribution is 0.0918. The quantitative estimate of drug-likeness (QED) is 0.680. The van der Waals surface area contributed by atoms with Gasteiger partial charge in [0.05, 0.1) is 6.26 Å². The SMILES string of the molecule is Cc1coc2c1CC1(C)C(=CCCC1C)C2=O. The van der Waals surface area contributed by atoms with Crippen molar-refractivity contribution >= 4 is 5.78 Å². The van der Waals surface area contributed by atoms with E-state index in [0.29, 0.717) is 11.7 Å². The van der Waals surface area contributed by atoms with Crippen molar-refractivity contribution in [1.82, 2.24) is 0 Å². The summed E-state index contributed by atoms with van der Waals surface area (Å²) >= 11 is 0. The van der Waals surface area contributed by atoms with Gasteiger partial charge < -0.3 is 4.42 Å². The molecule has 0 aromatic carbocycles. The zero-order valence-electron chi connectivity index (χ0n) is 10.7. The van der Waals surface area contributed by atoms with Gasteiger partial charge in [-0.15, -0.1) is 0 Å². The van der Waals surface area contributed by atoms with Crippen molar-refractivity contribution in [2.75, 3.05) is 0 Å². The Labute approximate surface area is 102 Å². The molecule has 1 aromatic heterocycles. The molecule has 17 heavy (non-hydrogen) atoms.